The average molecular weight is 212 g/mol. The lowest BCUT2D eigenvalue weighted by atomic mass is 9.90. The van der Waals surface area contributed by atoms with Crippen LogP contribution in [0.25, 0.3) is 0 Å². The number of aliphatic hydroxyl groups is 3. The summed E-state index contributed by atoms with van der Waals surface area (Å²) in [7, 11) is 0. The third-order valence-corrected chi connectivity index (χ3v) is 4.26. The second-order valence-electron chi connectivity index (χ2n) is 5.37. The van der Waals surface area contributed by atoms with Crippen LogP contribution in [-0.4, -0.2) is 33.3 Å². The smallest absolute Gasteiger partial charge is 0.239 e. The highest BCUT2D eigenvalue weighted by molar-refractivity contribution is 5.41. The molecule has 0 radical (unpaired) electrons. The highest BCUT2D eigenvalue weighted by atomic mass is 16.7. The molecule has 0 aromatic rings. The van der Waals surface area contributed by atoms with Crippen LogP contribution in [0.5, 0.6) is 0 Å². The normalized spacial score (nSPS) is 57.3. The lowest BCUT2D eigenvalue weighted by molar-refractivity contribution is -0.196. The Bertz CT molecular complexity index is 364. The summed E-state index contributed by atoms with van der Waals surface area (Å²) in [6.45, 7) is 4.18. The molecule has 4 heteroatoms. The number of hydrogen-bond acceptors (Lipinski definition) is 4. The molecular weight excluding hydrogens is 196 g/mol. The molecule has 1 aliphatic heterocycles. The van der Waals surface area contributed by atoms with Gasteiger partial charge in [0.2, 0.25) is 5.79 Å². The van der Waals surface area contributed by atoms with Crippen molar-refractivity contribution < 1.29 is 20.1 Å². The summed E-state index contributed by atoms with van der Waals surface area (Å²) in [5.41, 5.74) is 0.480. The number of allylic oxidation sites excluding steroid dienone is 1. The van der Waals surface area contributed by atoms with Crippen LogP contribution >= 0.6 is 0 Å². The molecule has 2 aliphatic carbocycles. The van der Waals surface area contributed by atoms with Crippen molar-refractivity contribution in [3.63, 3.8) is 0 Å². The van der Waals surface area contributed by atoms with E-state index in [1.807, 2.05) is 0 Å². The Hall–Kier alpha value is -0.580. The van der Waals surface area contributed by atoms with E-state index in [1.165, 1.54) is 0 Å². The predicted molar refractivity (Wildman–Crippen MR) is 51.6 cm³/mol. The molecule has 15 heavy (non-hydrogen) atoms. The standard InChI is InChI=1S/C11H16O4/c1-5-3-10(5,2)9-7-8(13)6(12)4-11(7,14)15-9/h5-6,8,12-14H,3-4H2,1-2H3/t5?,6-,8?,10?,11?/m0/s1. The van der Waals surface area contributed by atoms with E-state index >= 15 is 0 Å². The predicted octanol–water partition coefficient (Wildman–Crippen LogP) is 0.131. The van der Waals surface area contributed by atoms with Gasteiger partial charge in [0.25, 0.3) is 0 Å². The van der Waals surface area contributed by atoms with Crippen LogP contribution in [-0.2, 0) is 4.74 Å². The van der Waals surface area contributed by atoms with Gasteiger partial charge in [0.15, 0.2) is 0 Å². The highest BCUT2D eigenvalue weighted by Crippen LogP contribution is 2.65. The van der Waals surface area contributed by atoms with Gasteiger partial charge >= 0.3 is 0 Å². The molecule has 2 fully saturated rings. The Kier molecular flexibility index (Phi) is 1.54. The zero-order valence-electron chi connectivity index (χ0n) is 8.90. The van der Waals surface area contributed by atoms with Gasteiger partial charge in [0.1, 0.15) is 11.9 Å². The fourth-order valence-corrected chi connectivity index (χ4v) is 2.83. The Balaban J connectivity index is 2.00. The lowest BCUT2D eigenvalue weighted by Crippen LogP contribution is -2.44. The van der Waals surface area contributed by atoms with Crippen molar-refractivity contribution in [1.29, 1.82) is 0 Å². The third kappa shape index (κ3) is 0.973. The molecule has 5 atom stereocenters. The van der Waals surface area contributed by atoms with Gasteiger partial charge in [0, 0.05) is 11.8 Å². The first-order valence-corrected chi connectivity index (χ1v) is 5.41. The number of hydrogen-bond donors (Lipinski definition) is 3. The lowest BCUT2D eigenvalue weighted by Gasteiger charge is -2.41. The van der Waals surface area contributed by atoms with Gasteiger partial charge in [0.05, 0.1) is 11.7 Å². The second-order valence-corrected chi connectivity index (χ2v) is 5.37. The van der Waals surface area contributed by atoms with Crippen LogP contribution in [0.2, 0.25) is 0 Å². The second kappa shape index (κ2) is 2.39. The minimum absolute atomic E-state index is 0.0351. The summed E-state index contributed by atoms with van der Waals surface area (Å²) >= 11 is 0. The first kappa shape index (κ1) is 9.63. The maximum Gasteiger partial charge on any atom is 0.239 e. The Morgan fingerprint density at radius 1 is 1.33 bits per heavy atom. The van der Waals surface area contributed by atoms with Gasteiger partial charge in [-0.2, -0.15) is 0 Å². The van der Waals surface area contributed by atoms with Crippen molar-refractivity contribution in [3.05, 3.63) is 11.3 Å². The highest BCUT2D eigenvalue weighted by Gasteiger charge is 2.66. The quantitative estimate of drug-likeness (QED) is 0.578. The molecule has 3 N–H and O–H groups in total. The van der Waals surface area contributed by atoms with Crippen LogP contribution in [0.4, 0.5) is 0 Å². The molecule has 0 spiro atoms. The molecule has 0 amide bonds. The van der Waals surface area contributed by atoms with Crippen molar-refractivity contribution in [1.82, 2.24) is 0 Å². The van der Waals surface area contributed by atoms with E-state index < -0.39 is 18.0 Å². The maximum atomic E-state index is 9.94. The number of aliphatic hydroxyl groups excluding tert-OH is 2. The summed E-state index contributed by atoms with van der Waals surface area (Å²) in [5, 5.41) is 29.2. The third-order valence-electron chi connectivity index (χ3n) is 4.26. The molecule has 3 rings (SSSR count). The minimum Gasteiger partial charge on any atom is -0.462 e. The van der Waals surface area contributed by atoms with Gasteiger partial charge in [-0.3, -0.25) is 0 Å². The van der Waals surface area contributed by atoms with E-state index in [0.29, 0.717) is 17.3 Å². The van der Waals surface area contributed by atoms with Gasteiger partial charge < -0.3 is 20.1 Å². The summed E-state index contributed by atoms with van der Waals surface area (Å²) < 4.78 is 5.40. The summed E-state index contributed by atoms with van der Waals surface area (Å²) in [6.07, 6.45) is -0.758. The van der Waals surface area contributed by atoms with Crippen molar-refractivity contribution in [2.75, 3.05) is 0 Å². The van der Waals surface area contributed by atoms with E-state index in [4.69, 9.17) is 4.74 Å². The topological polar surface area (TPSA) is 69.9 Å². The van der Waals surface area contributed by atoms with E-state index in [1.54, 1.807) is 0 Å². The molecule has 4 unspecified atom stereocenters. The van der Waals surface area contributed by atoms with Crippen molar-refractivity contribution >= 4 is 0 Å². The fraction of sp³-hybridized carbons (Fsp3) is 0.818. The van der Waals surface area contributed by atoms with Crippen molar-refractivity contribution in [2.45, 2.75) is 44.7 Å². The fourth-order valence-electron chi connectivity index (χ4n) is 2.83. The van der Waals surface area contributed by atoms with Gasteiger partial charge in [-0.15, -0.1) is 0 Å². The molecule has 0 bridgehead atoms. The van der Waals surface area contributed by atoms with Crippen LogP contribution in [0.1, 0.15) is 26.7 Å². The number of rotatable bonds is 1. The zero-order chi connectivity index (χ0) is 11.0. The first-order chi connectivity index (χ1) is 6.88. The SMILES string of the molecule is CC1CC1(C)C1=C2C(O)[C@@H](O)CC2(O)O1. The van der Waals surface area contributed by atoms with Crippen LogP contribution in [0.15, 0.2) is 11.3 Å². The molecule has 0 saturated heterocycles. The van der Waals surface area contributed by atoms with Gasteiger partial charge in [-0.05, 0) is 12.3 Å². The zero-order valence-corrected chi connectivity index (χ0v) is 8.90. The molecule has 4 nitrogen and oxygen atoms in total. The van der Waals surface area contributed by atoms with Crippen LogP contribution in [0, 0.1) is 11.3 Å². The molecule has 84 valence electrons. The maximum absolute atomic E-state index is 9.94. The average Bonchev–Trinajstić information content (AvgIpc) is 2.66. The van der Waals surface area contributed by atoms with Crippen LogP contribution < -0.4 is 0 Å². The number of fused-ring (bicyclic) bond motifs is 1. The van der Waals surface area contributed by atoms with Gasteiger partial charge in [-0.25, -0.2) is 0 Å². The summed E-state index contributed by atoms with van der Waals surface area (Å²) in [4.78, 5) is 0. The van der Waals surface area contributed by atoms with E-state index in [-0.39, 0.29) is 11.8 Å². The molecule has 0 aromatic carbocycles. The Morgan fingerprint density at radius 3 is 2.40 bits per heavy atom. The molecule has 3 aliphatic rings. The molecular formula is C11H16O4. The monoisotopic (exact) mass is 212 g/mol. The Labute approximate surface area is 88.2 Å². The Morgan fingerprint density at radius 2 is 1.93 bits per heavy atom. The summed E-state index contributed by atoms with van der Waals surface area (Å²) in [5.74, 6) is -0.157. The number of ether oxygens (including phenoxy) is 1. The van der Waals surface area contributed by atoms with E-state index in [0.717, 1.165) is 6.42 Å². The molecule has 0 aromatic heterocycles. The molecule has 1 heterocycles. The minimum atomic E-state index is -1.39. The van der Waals surface area contributed by atoms with Crippen molar-refractivity contribution in [3.8, 4) is 0 Å². The van der Waals surface area contributed by atoms with Crippen LogP contribution in [0.3, 0.4) is 0 Å². The summed E-state index contributed by atoms with van der Waals surface area (Å²) in [6, 6.07) is 0. The van der Waals surface area contributed by atoms with Gasteiger partial charge in [-0.1, -0.05) is 13.8 Å². The molecule has 2 saturated carbocycles. The van der Waals surface area contributed by atoms with E-state index in [9.17, 15) is 15.3 Å². The largest absolute Gasteiger partial charge is 0.462 e. The first-order valence-electron chi connectivity index (χ1n) is 5.41. The van der Waals surface area contributed by atoms with Crippen molar-refractivity contribution in [2.24, 2.45) is 11.3 Å². The van der Waals surface area contributed by atoms with E-state index in [2.05, 4.69) is 13.8 Å².